The molecule has 37 heavy (non-hydrogen) atoms. The van der Waals surface area contributed by atoms with E-state index >= 15 is 0 Å². The van der Waals surface area contributed by atoms with Crippen LogP contribution in [0.5, 0.6) is 5.75 Å². The van der Waals surface area contributed by atoms with Crippen molar-refractivity contribution in [2.75, 3.05) is 40.0 Å². The average Bonchev–Trinajstić information content (AvgIpc) is 3.57. The topological polar surface area (TPSA) is 131 Å². The molecule has 0 radical (unpaired) electrons. The van der Waals surface area contributed by atoms with Crippen LogP contribution in [0.2, 0.25) is 0 Å². The summed E-state index contributed by atoms with van der Waals surface area (Å²) in [5.41, 5.74) is 1.69. The summed E-state index contributed by atoms with van der Waals surface area (Å²) in [7, 11) is 0.230. The van der Waals surface area contributed by atoms with Gasteiger partial charge in [0.25, 0.3) is 0 Å². The fourth-order valence-corrected chi connectivity index (χ4v) is 5.01. The lowest BCUT2D eigenvalue weighted by atomic mass is 10.0. The van der Waals surface area contributed by atoms with Crippen molar-refractivity contribution in [3.8, 4) is 5.75 Å². The number of sulfone groups is 1. The lowest BCUT2D eigenvalue weighted by Crippen LogP contribution is -2.39. The van der Waals surface area contributed by atoms with Crippen LogP contribution in [-0.4, -0.2) is 90.9 Å². The molecule has 0 unspecified atom stereocenters. The molecule has 4 rings (SSSR count). The van der Waals surface area contributed by atoms with Crippen LogP contribution in [0, 0.1) is 0 Å². The van der Waals surface area contributed by atoms with Crippen LogP contribution in [0.4, 0.5) is 0 Å². The van der Waals surface area contributed by atoms with Crippen LogP contribution in [0.25, 0.3) is 0 Å². The summed E-state index contributed by atoms with van der Waals surface area (Å²) < 4.78 is 34.9. The molecule has 198 valence electrons. The van der Waals surface area contributed by atoms with Gasteiger partial charge in [-0.15, -0.1) is 10.2 Å². The zero-order valence-corrected chi connectivity index (χ0v) is 22.0. The van der Waals surface area contributed by atoms with Crippen molar-refractivity contribution >= 4 is 15.7 Å². The quantitative estimate of drug-likeness (QED) is 0.395. The van der Waals surface area contributed by atoms with E-state index in [1.807, 2.05) is 24.3 Å². The van der Waals surface area contributed by atoms with Gasteiger partial charge in [-0.25, -0.2) is 8.42 Å². The molecule has 2 heterocycles. The number of carbonyl (C=O) groups excluding carboxylic acids is 1. The van der Waals surface area contributed by atoms with Crippen LogP contribution < -0.4 is 4.74 Å². The molecule has 3 aromatic rings. The second kappa shape index (κ2) is 11.8. The minimum absolute atomic E-state index is 0.0716. The Morgan fingerprint density at radius 1 is 1.24 bits per heavy atom. The molecule has 2 atom stereocenters. The Morgan fingerprint density at radius 2 is 2.03 bits per heavy atom. The standard InChI is InChI=1S/C25H32N6O5S/c1-30(25(32)13-18-7-9-22(10-8-18)37(3,33)34)23(16-31-12-11-21(15-31)35-2)19-5-4-6-20(14-19)36-17-24-26-28-29-27-24/h4-10,14,21,23H,11-13,15-17H2,1-3H3,(H,26,27,28,29)/t21-,23-/m1/s1. The summed E-state index contributed by atoms with van der Waals surface area (Å²) >= 11 is 0. The summed E-state index contributed by atoms with van der Waals surface area (Å²) in [6.45, 7) is 2.50. The second-order valence-corrected chi connectivity index (χ2v) is 11.2. The van der Waals surface area contributed by atoms with Gasteiger partial charge in [0.1, 0.15) is 5.75 Å². The largest absolute Gasteiger partial charge is 0.485 e. The predicted octanol–water partition coefficient (Wildman–Crippen LogP) is 1.65. The number of nitrogens with one attached hydrogen (secondary N) is 1. The Morgan fingerprint density at radius 3 is 2.68 bits per heavy atom. The van der Waals surface area contributed by atoms with Gasteiger partial charge < -0.3 is 14.4 Å². The molecule has 11 nitrogen and oxygen atoms in total. The summed E-state index contributed by atoms with van der Waals surface area (Å²) in [6.07, 6.45) is 2.45. The Hall–Kier alpha value is -3.35. The number of tetrazole rings is 1. The van der Waals surface area contributed by atoms with Crippen molar-refractivity contribution in [2.24, 2.45) is 0 Å². The summed E-state index contributed by atoms with van der Waals surface area (Å²) in [5, 5.41) is 13.8. The predicted molar refractivity (Wildman–Crippen MR) is 136 cm³/mol. The molecule has 0 saturated carbocycles. The SMILES string of the molecule is CO[C@@H]1CCN(C[C@H](c2cccc(OCc3nn[nH]n3)c2)N(C)C(=O)Cc2ccc(S(C)(=O)=O)cc2)C1. The van der Waals surface area contributed by atoms with Crippen LogP contribution >= 0.6 is 0 Å². The number of rotatable bonds is 11. The fourth-order valence-electron chi connectivity index (χ4n) is 4.38. The number of amides is 1. The second-order valence-electron chi connectivity index (χ2n) is 9.21. The Balaban J connectivity index is 1.51. The first-order chi connectivity index (χ1) is 17.7. The highest BCUT2D eigenvalue weighted by atomic mass is 32.2. The van der Waals surface area contributed by atoms with Crippen molar-refractivity contribution < 1.29 is 22.7 Å². The number of hydrogen-bond donors (Lipinski definition) is 1. The van der Waals surface area contributed by atoms with Crippen molar-refractivity contribution in [3.05, 3.63) is 65.5 Å². The number of carbonyl (C=O) groups is 1. The maximum Gasteiger partial charge on any atom is 0.227 e. The van der Waals surface area contributed by atoms with Gasteiger partial charge in [-0.1, -0.05) is 29.5 Å². The minimum Gasteiger partial charge on any atom is -0.485 e. The van der Waals surface area contributed by atoms with Gasteiger partial charge in [0.2, 0.25) is 11.7 Å². The Bertz CT molecular complexity index is 1280. The van der Waals surface area contributed by atoms with E-state index in [0.717, 1.165) is 36.9 Å². The van der Waals surface area contributed by atoms with Crippen LogP contribution in [0.3, 0.4) is 0 Å². The number of aromatic nitrogens is 4. The summed E-state index contributed by atoms with van der Waals surface area (Å²) in [6, 6.07) is 13.9. The van der Waals surface area contributed by atoms with E-state index in [-0.39, 0.29) is 36.0 Å². The maximum atomic E-state index is 13.4. The third-order valence-corrected chi connectivity index (χ3v) is 7.69. The normalized spacial score (nSPS) is 17.0. The van der Waals surface area contributed by atoms with E-state index in [1.165, 1.54) is 12.1 Å². The number of methoxy groups -OCH3 is 1. The van der Waals surface area contributed by atoms with Gasteiger partial charge in [-0.3, -0.25) is 9.69 Å². The molecular weight excluding hydrogens is 496 g/mol. The molecule has 1 fully saturated rings. The van der Waals surface area contributed by atoms with Crippen LogP contribution in [0.15, 0.2) is 53.4 Å². The first kappa shape index (κ1) is 26.7. The van der Waals surface area contributed by atoms with Crippen LogP contribution in [-0.2, 0) is 32.4 Å². The molecule has 1 aliphatic rings. The number of aromatic amines is 1. The molecule has 0 aliphatic carbocycles. The summed E-state index contributed by atoms with van der Waals surface area (Å²) in [4.78, 5) is 17.7. The van der Waals surface area contributed by atoms with Crippen LogP contribution in [0.1, 0.15) is 29.4 Å². The number of benzene rings is 2. The maximum absolute atomic E-state index is 13.4. The van der Waals surface area contributed by atoms with Gasteiger partial charge >= 0.3 is 0 Å². The smallest absolute Gasteiger partial charge is 0.227 e. The monoisotopic (exact) mass is 528 g/mol. The van der Waals surface area contributed by atoms with Crippen molar-refractivity contribution in [1.82, 2.24) is 30.4 Å². The molecule has 1 aromatic heterocycles. The fraction of sp³-hybridized carbons (Fsp3) is 0.440. The van der Waals surface area contributed by atoms with Crippen molar-refractivity contribution in [3.63, 3.8) is 0 Å². The first-order valence-corrected chi connectivity index (χ1v) is 13.9. The molecule has 0 bridgehead atoms. The highest BCUT2D eigenvalue weighted by molar-refractivity contribution is 7.90. The number of hydrogen-bond acceptors (Lipinski definition) is 9. The van der Waals surface area contributed by atoms with E-state index in [1.54, 1.807) is 31.2 Å². The number of nitrogens with zero attached hydrogens (tertiary/aromatic N) is 5. The van der Waals surface area contributed by atoms with E-state index in [0.29, 0.717) is 18.1 Å². The number of likely N-dealkylation sites (N-methyl/N-ethyl adjacent to an activating group) is 1. The Labute approximate surface area is 216 Å². The third-order valence-electron chi connectivity index (χ3n) is 6.56. The molecule has 2 aromatic carbocycles. The van der Waals surface area contributed by atoms with E-state index < -0.39 is 9.84 Å². The third kappa shape index (κ3) is 7.12. The molecular formula is C25H32N6O5S. The van der Waals surface area contributed by atoms with E-state index in [4.69, 9.17) is 9.47 Å². The van der Waals surface area contributed by atoms with E-state index in [2.05, 4.69) is 25.5 Å². The van der Waals surface area contributed by atoms with Gasteiger partial charge in [0.15, 0.2) is 16.4 Å². The first-order valence-electron chi connectivity index (χ1n) is 12.0. The lowest BCUT2D eigenvalue weighted by Gasteiger charge is -2.32. The Kier molecular flexibility index (Phi) is 8.52. The number of H-pyrrole nitrogens is 1. The number of likely N-dealkylation sites (tertiary alicyclic amines) is 1. The van der Waals surface area contributed by atoms with E-state index in [9.17, 15) is 13.2 Å². The zero-order chi connectivity index (χ0) is 26.4. The summed E-state index contributed by atoms with van der Waals surface area (Å²) in [5.74, 6) is 1.01. The van der Waals surface area contributed by atoms with Gasteiger partial charge in [-0.2, -0.15) is 5.21 Å². The minimum atomic E-state index is -3.29. The highest BCUT2D eigenvalue weighted by Gasteiger charge is 2.29. The highest BCUT2D eigenvalue weighted by Crippen LogP contribution is 2.27. The van der Waals surface area contributed by atoms with Gasteiger partial charge in [0, 0.05) is 40.0 Å². The molecule has 1 saturated heterocycles. The number of ether oxygens (including phenoxy) is 2. The molecule has 1 amide bonds. The van der Waals surface area contributed by atoms with Gasteiger partial charge in [0.05, 0.1) is 23.5 Å². The molecule has 1 aliphatic heterocycles. The average molecular weight is 529 g/mol. The lowest BCUT2D eigenvalue weighted by molar-refractivity contribution is -0.131. The molecule has 0 spiro atoms. The van der Waals surface area contributed by atoms with Crippen molar-refractivity contribution in [1.29, 1.82) is 0 Å². The molecule has 12 heteroatoms. The zero-order valence-electron chi connectivity index (χ0n) is 21.2. The van der Waals surface area contributed by atoms with Crippen molar-refractivity contribution in [2.45, 2.75) is 36.5 Å². The van der Waals surface area contributed by atoms with Gasteiger partial charge in [-0.05, 0) is 41.8 Å². The molecule has 1 N–H and O–H groups in total.